The standard InChI is InChI=1S/C18H30N2O4/c1-13(2)12-15(14(3)4)17(22)24-11-7-5-6-9-20-10-8-16(21)19-18(20)23/h8,10,13-15H,5-7,9,11-12H2,1-4H3,(H,19,21,23). The molecular weight excluding hydrogens is 308 g/mol. The molecule has 1 heterocycles. The van der Waals surface area contributed by atoms with Gasteiger partial charge in [-0.1, -0.05) is 27.7 Å². The molecule has 6 nitrogen and oxygen atoms in total. The molecule has 0 aromatic carbocycles. The number of esters is 1. The van der Waals surface area contributed by atoms with Gasteiger partial charge >= 0.3 is 11.7 Å². The lowest BCUT2D eigenvalue weighted by Crippen LogP contribution is -2.28. The Morgan fingerprint density at radius 2 is 1.88 bits per heavy atom. The van der Waals surface area contributed by atoms with Gasteiger partial charge in [0, 0.05) is 18.8 Å². The highest BCUT2D eigenvalue weighted by Gasteiger charge is 2.24. The molecule has 0 amide bonds. The molecule has 1 aromatic heterocycles. The second-order valence-electron chi connectivity index (χ2n) is 7.01. The number of hydrogen-bond acceptors (Lipinski definition) is 4. The summed E-state index contributed by atoms with van der Waals surface area (Å²) < 4.78 is 6.88. The minimum atomic E-state index is -0.387. The summed E-state index contributed by atoms with van der Waals surface area (Å²) in [6.07, 6.45) is 4.78. The van der Waals surface area contributed by atoms with E-state index in [0.717, 1.165) is 25.7 Å². The maximum Gasteiger partial charge on any atom is 0.328 e. The molecule has 0 aliphatic heterocycles. The molecule has 1 rings (SSSR count). The molecule has 136 valence electrons. The van der Waals surface area contributed by atoms with Crippen LogP contribution in [-0.2, 0) is 16.1 Å². The van der Waals surface area contributed by atoms with Crippen LogP contribution in [0.5, 0.6) is 0 Å². The van der Waals surface area contributed by atoms with Crippen LogP contribution in [0.15, 0.2) is 21.9 Å². The molecule has 1 unspecified atom stereocenters. The quantitative estimate of drug-likeness (QED) is 0.525. The van der Waals surface area contributed by atoms with Crippen LogP contribution < -0.4 is 11.2 Å². The Kier molecular flexibility index (Phi) is 8.50. The van der Waals surface area contributed by atoms with Crippen molar-refractivity contribution in [1.82, 2.24) is 9.55 Å². The van der Waals surface area contributed by atoms with Gasteiger partial charge in [-0.15, -0.1) is 0 Å². The zero-order chi connectivity index (χ0) is 18.1. The zero-order valence-electron chi connectivity index (χ0n) is 15.2. The van der Waals surface area contributed by atoms with E-state index >= 15 is 0 Å². The predicted molar refractivity (Wildman–Crippen MR) is 93.9 cm³/mol. The first-order valence-corrected chi connectivity index (χ1v) is 8.77. The van der Waals surface area contributed by atoms with Crippen molar-refractivity contribution in [2.45, 2.75) is 59.9 Å². The molecule has 1 N–H and O–H groups in total. The van der Waals surface area contributed by atoms with Crippen molar-refractivity contribution in [3.63, 3.8) is 0 Å². The van der Waals surface area contributed by atoms with Gasteiger partial charge < -0.3 is 9.30 Å². The fourth-order valence-corrected chi connectivity index (χ4v) is 2.61. The van der Waals surface area contributed by atoms with E-state index in [1.54, 1.807) is 0 Å². The van der Waals surface area contributed by atoms with Gasteiger partial charge in [0.1, 0.15) is 0 Å². The van der Waals surface area contributed by atoms with Gasteiger partial charge in [-0.05, 0) is 37.5 Å². The molecule has 0 aliphatic rings. The summed E-state index contributed by atoms with van der Waals surface area (Å²) in [5.41, 5.74) is -0.772. The summed E-state index contributed by atoms with van der Waals surface area (Å²) in [5, 5.41) is 0. The third kappa shape index (κ3) is 7.15. The Morgan fingerprint density at radius 1 is 1.17 bits per heavy atom. The molecular formula is C18H30N2O4. The Balaban J connectivity index is 2.26. The lowest BCUT2D eigenvalue weighted by molar-refractivity contribution is -0.151. The van der Waals surface area contributed by atoms with Gasteiger partial charge in [0.2, 0.25) is 0 Å². The normalized spacial score (nSPS) is 12.6. The van der Waals surface area contributed by atoms with Gasteiger partial charge in [0.05, 0.1) is 12.5 Å². The van der Waals surface area contributed by atoms with Gasteiger partial charge in [-0.2, -0.15) is 0 Å². The average molecular weight is 338 g/mol. The fraction of sp³-hybridized carbons (Fsp3) is 0.722. The number of hydrogen-bond donors (Lipinski definition) is 1. The van der Waals surface area contributed by atoms with Gasteiger partial charge in [0.15, 0.2) is 0 Å². The highest BCUT2D eigenvalue weighted by Crippen LogP contribution is 2.21. The third-order valence-corrected chi connectivity index (χ3v) is 4.02. The number of unbranched alkanes of at least 4 members (excludes halogenated alkanes) is 2. The molecule has 0 saturated heterocycles. The molecule has 6 heteroatoms. The number of rotatable bonds is 10. The van der Waals surface area contributed by atoms with E-state index in [4.69, 9.17) is 4.74 Å². The maximum absolute atomic E-state index is 12.1. The molecule has 1 aromatic rings. The summed E-state index contributed by atoms with van der Waals surface area (Å²) in [6, 6.07) is 1.34. The second-order valence-corrected chi connectivity index (χ2v) is 7.01. The molecule has 0 saturated carbocycles. The Bertz CT molecular complexity index is 616. The summed E-state index contributed by atoms with van der Waals surface area (Å²) in [5.74, 6) is 0.618. The smallest absolute Gasteiger partial charge is 0.328 e. The highest BCUT2D eigenvalue weighted by molar-refractivity contribution is 5.72. The van der Waals surface area contributed by atoms with Crippen molar-refractivity contribution in [2.75, 3.05) is 6.61 Å². The monoisotopic (exact) mass is 338 g/mol. The molecule has 0 spiro atoms. The fourth-order valence-electron chi connectivity index (χ4n) is 2.61. The van der Waals surface area contributed by atoms with Crippen molar-refractivity contribution in [2.24, 2.45) is 17.8 Å². The lowest BCUT2D eigenvalue weighted by Gasteiger charge is -2.21. The minimum Gasteiger partial charge on any atom is -0.465 e. The number of H-pyrrole nitrogens is 1. The van der Waals surface area contributed by atoms with Crippen LogP contribution in [0, 0.1) is 17.8 Å². The first-order chi connectivity index (χ1) is 11.3. The largest absolute Gasteiger partial charge is 0.465 e. The van der Waals surface area contributed by atoms with Crippen LogP contribution in [0.3, 0.4) is 0 Å². The predicted octanol–water partition coefficient (Wildman–Crippen LogP) is 2.57. The molecule has 1 atom stereocenters. The summed E-state index contributed by atoms with van der Waals surface area (Å²) in [4.78, 5) is 36.9. The van der Waals surface area contributed by atoms with Crippen LogP contribution in [-0.4, -0.2) is 22.1 Å². The van der Waals surface area contributed by atoms with Crippen molar-refractivity contribution in [3.05, 3.63) is 33.1 Å². The van der Waals surface area contributed by atoms with Crippen molar-refractivity contribution >= 4 is 5.97 Å². The molecule has 0 fully saturated rings. The van der Waals surface area contributed by atoms with E-state index in [-0.39, 0.29) is 29.1 Å². The number of nitrogens with zero attached hydrogens (tertiary/aromatic N) is 1. The number of aromatic amines is 1. The first-order valence-electron chi connectivity index (χ1n) is 8.77. The van der Waals surface area contributed by atoms with E-state index < -0.39 is 0 Å². The van der Waals surface area contributed by atoms with Crippen LogP contribution >= 0.6 is 0 Å². The second kappa shape index (κ2) is 10.1. The van der Waals surface area contributed by atoms with Gasteiger partial charge in [0.25, 0.3) is 5.56 Å². The summed E-state index contributed by atoms with van der Waals surface area (Å²) in [6.45, 7) is 9.29. The third-order valence-electron chi connectivity index (χ3n) is 4.02. The van der Waals surface area contributed by atoms with Gasteiger partial charge in [-0.25, -0.2) is 4.79 Å². The highest BCUT2D eigenvalue weighted by atomic mass is 16.5. The summed E-state index contributed by atoms with van der Waals surface area (Å²) in [7, 11) is 0. The number of ether oxygens (including phenoxy) is 1. The molecule has 0 aliphatic carbocycles. The van der Waals surface area contributed by atoms with Crippen molar-refractivity contribution < 1.29 is 9.53 Å². The van der Waals surface area contributed by atoms with E-state index in [1.165, 1.54) is 16.8 Å². The van der Waals surface area contributed by atoms with Crippen LogP contribution in [0.4, 0.5) is 0 Å². The summed E-state index contributed by atoms with van der Waals surface area (Å²) >= 11 is 0. The molecule has 0 radical (unpaired) electrons. The minimum absolute atomic E-state index is 0.0373. The topological polar surface area (TPSA) is 81.2 Å². The van der Waals surface area contributed by atoms with Crippen LogP contribution in [0.1, 0.15) is 53.4 Å². The van der Waals surface area contributed by atoms with Crippen LogP contribution in [0.2, 0.25) is 0 Å². The van der Waals surface area contributed by atoms with Crippen molar-refractivity contribution in [3.8, 4) is 0 Å². The number of carbonyl (C=O) groups is 1. The Hall–Kier alpha value is -1.85. The maximum atomic E-state index is 12.1. The zero-order valence-corrected chi connectivity index (χ0v) is 15.2. The van der Waals surface area contributed by atoms with Crippen molar-refractivity contribution in [1.29, 1.82) is 0 Å². The van der Waals surface area contributed by atoms with E-state index in [2.05, 4.69) is 32.7 Å². The van der Waals surface area contributed by atoms with E-state index in [9.17, 15) is 14.4 Å². The number of aryl methyl sites for hydroxylation is 1. The Labute approximate surface area is 143 Å². The number of aromatic nitrogens is 2. The van der Waals surface area contributed by atoms with E-state index in [0.29, 0.717) is 19.1 Å². The first kappa shape index (κ1) is 20.2. The Morgan fingerprint density at radius 3 is 2.46 bits per heavy atom. The average Bonchev–Trinajstić information content (AvgIpc) is 2.49. The van der Waals surface area contributed by atoms with Crippen LogP contribution in [0.25, 0.3) is 0 Å². The van der Waals surface area contributed by atoms with E-state index in [1.807, 2.05) is 0 Å². The number of nitrogens with one attached hydrogen (secondary N) is 1. The molecule has 24 heavy (non-hydrogen) atoms. The molecule has 0 bridgehead atoms. The SMILES string of the molecule is CC(C)CC(C(=O)OCCCCCn1ccc(=O)[nH]c1=O)C(C)C. The van der Waals surface area contributed by atoms with Gasteiger partial charge in [-0.3, -0.25) is 14.6 Å². The lowest BCUT2D eigenvalue weighted by atomic mass is 9.88. The number of carbonyl (C=O) groups excluding carboxylic acids is 1.